The molecule has 24 heavy (non-hydrogen) atoms. The Hall–Kier alpha value is -1.33. The van der Waals surface area contributed by atoms with E-state index in [1.165, 1.54) is 12.8 Å². The molecule has 6 heteroatoms. The summed E-state index contributed by atoms with van der Waals surface area (Å²) in [4.78, 5) is 16.6. The molecule has 134 valence electrons. The summed E-state index contributed by atoms with van der Waals surface area (Å²) in [5.74, 6) is 0.967. The highest BCUT2D eigenvalue weighted by Crippen LogP contribution is 2.23. The number of nitrogens with zero attached hydrogens (tertiary/aromatic N) is 1. The zero-order valence-electron chi connectivity index (χ0n) is 14.3. The normalized spacial score (nSPS) is 24.2. The Morgan fingerprint density at radius 1 is 1.38 bits per heavy atom. The van der Waals surface area contributed by atoms with Gasteiger partial charge in [-0.25, -0.2) is 4.98 Å². The van der Waals surface area contributed by atoms with Crippen molar-refractivity contribution in [3.63, 3.8) is 0 Å². The number of aromatic nitrogens is 1. The van der Waals surface area contributed by atoms with E-state index in [0.29, 0.717) is 24.6 Å². The molecule has 1 saturated heterocycles. The van der Waals surface area contributed by atoms with Crippen molar-refractivity contribution in [2.75, 3.05) is 6.54 Å². The number of pyridine rings is 1. The molecule has 1 saturated carbocycles. The van der Waals surface area contributed by atoms with Crippen molar-refractivity contribution in [1.29, 1.82) is 0 Å². The fourth-order valence-electron chi connectivity index (χ4n) is 3.51. The average Bonchev–Trinajstić information content (AvgIpc) is 3.06. The molecule has 0 aromatic carbocycles. The fourth-order valence-corrected chi connectivity index (χ4v) is 3.51. The molecule has 2 heterocycles. The predicted molar refractivity (Wildman–Crippen MR) is 96.4 cm³/mol. The van der Waals surface area contributed by atoms with Gasteiger partial charge in [0.15, 0.2) is 0 Å². The van der Waals surface area contributed by atoms with E-state index in [0.717, 1.165) is 37.8 Å². The Balaban J connectivity index is 0.00000208. The van der Waals surface area contributed by atoms with Crippen LogP contribution in [0, 0.1) is 5.92 Å². The van der Waals surface area contributed by atoms with E-state index >= 15 is 0 Å². The average molecular weight is 354 g/mol. The second-order valence-electron chi connectivity index (χ2n) is 6.82. The molecule has 1 aliphatic heterocycles. The lowest BCUT2D eigenvalue weighted by Gasteiger charge is -2.27. The maximum Gasteiger partial charge on any atom is 0.223 e. The fraction of sp³-hybridized carbons (Fsp3) is 0.667. The van der Waals surface area contributed by atoms with Crippen LogP contribution in [-0.4, -0.2) is 29.6 Å². The standard InChI is InChI=1S/C18H27N3O2.ClH/c1-13-10-15(7-9-19-13)18(22)21-12-14-6-8-20-17(11-14)23-16-4-2-3-5-16;/h6,8,11,13,15-16,19H,2-5,7,9-10,12H2,1H3,(H,21,22);1H/t13-,15-;/m0./s1. The van der Waals surface area contributed by atoms with Crippen LogP contribution in [0.15, 0.2) is 18.3 Å². The van der Waals surface area contributed by atoms with Crippen LogP contribution in [0.2, 0.25) is 0 Å². The number of carbonyl (C=O) groups excluding carboxylic acids is 1. The minimum atomic E-state index is 0. The third kappa shape index (κ3) is 5.35. The third-order valence-electron chi connectivity index (χ3n) is 4.85. The second kappa shape index (κ2) is 9.23. The van der Waals surface area contributed by atoms with Crippen molar-refractivity contribution in [3.8, 4) is 5.88 Å². The Kier molecular flexibility index (Phi) is 7.31. The number of halogens is 1. The van der Waals surface area contributed by atoms with Gasteiger partial charge in [0.25, 0.3) is 0 Å². The van der Waals surface area contributed by atoms with Gasteiger partial charge in [0.1, 0.15) is 6.10 Å². The molecule has 1 aliphatic carbocycles. The van der Waals surface area contributed by atoms with E-state index < -0.39 is 0 Å². The Morgan fingerprint density at radius 3 is 2.92 bits per heavy atom. The molecular weight excluding hydrogens is 326 g/mol. The highest BCUT2D eigenvalue weighted by Gasteiger charge is 2.24. The Morgan fingerprint density at radius 2 is 2.17 bits per heavy atom. The van der Waals surface area contributed by atoms with Gasteiger partial charge in [0, 0.05) is 30.8 Å². The van der Waals surface area contributed by atoms with E-state index in [1.54, 1.807) is 6.20 Å². The van der Waals surface area contributed by atoms with Gasteiger partial charge in [0.2, 0.25) is 11.8 Å². The maximum atomic E-state index is 12.3. The van der Waals surface area contributed by atoms with Crippen LogP contribution >= 0.6 is 12.4 Å². The molecule has 1 aromatic heterocycles. The number of carbonyl (C=O) groups is 1. The number of hydrogen-bond donors (Lipinski definition) is 2. The van der Waals surface area contributed by atoms with Gasteiger partial charge in [-0.2, -0.15) is 0 Å². The Labute approximate surface area is 150 Å². The highest BCUT2D eigenvalue weighted by atomic mass is 35.5. The molecule has 2 fully saturated rings. The number of ether oxygens (including phenoxy) is 1. The zero-order chi connectivity index (χ0) is 16.1. The van der Waals surface area contributed by atoms with Gasteiger partial charge in [-0.15, -0.1) is 12.4 Å². The second-order valence-corrected chi connectivity index (χ2v) is 6.82. The highest BCUT2D eigenvalue weighted by molar-refractivity contribution is 5.85. The summed E-state index contributed by atoms with van der Waals surface area (Å²) in [6.07, 6.45) is 8.64. The van der Waals surface area contributed by atoms with Gasteiger partial charge < -0.3 is 15.4 Å². The van der Waals surface area contributed by atoms with Gasteiger partial charge >= 0.3 is 0 Å². The van der Waals surface area contributed by atoms with E-state index in [-0.39, 0.29) is 24.2 Å². The minimum Gasteiger partial charge on any atom is -0.474 e. The summed E-state index contributed by atoms with van der Waals surface area (Å²) in [5.41, 5.74) is 1.04. The molecule has 3 rings (SSSR count). The molecule has 1 aromatic rings. The van der Waals surface area contributed by atoms with Crippen molar-refractivity contribution >= 4 is 18.3 Å². The first kappa shape index (κ1) is 19.0. The number of amides is 1. The summed E-state index contributed by atoms with van der Waals surface area (Å²) in [7, 11) is 0. The van der Waals surface area contributed by atoms with Crippen molar-refractivity contribution in [3.05, 3.63) is 23.9 Å². The summed E-state index contributed by atoms with van der Waals surface area (Å²) < 4.78 is 5.92. The molecule has 0 spiro atoms. The monoisotopic (exact) mass is 353 g/mol. The lowest BCUT2D eigenvalue weighted by atomic mass is 9.92. The van der Waals surface area contributed by atoms with Gasteiger partial charge in [-0.3, -0.25) is 4.79 Å². The molecule has 2 N–H and O–H groups in total. The largest absolute Gasteiger partial charge is 0.474 e. The van der Waals surface area contributed by atoms with E-state index in [1.807, 2.05) is 12.1 Å². The first-order chi connectivity index (χ1) is 11.2. The van der Waals surface area contributed by atoms with Gasteiger partial charge in [-0.05, 0) is 63.6 Å². The van der Waals surface area contributed by atoms with Crippen LogP contribution in [-0.2, 0) is 11.3 Å². The van der Waals surface area contributed by atoms with Crippen LogP contribution in [0.3, 0.4) is 0 Å². The Bertz CT molecular complexity index is 535. The van der Waals surface area contributed by atoms with Crippen LogP contribution in [0.25, 0.3) is 0 Å². The quantitative estimate of drug-likeness (QED) is 0.854. The molecule has 5 nitrogen and oxygen atoms in total. The SMILES string of the molecule is C[C@H]1C[C@@H](C(=O)NCc2ccnc(OC3CCCC3)c2)CCN1.Cl. The number of rotatable bonds is 5. The topological polar surface area (TPSA) is 63.2 Å². The molecule has 0 radical (unpaired) electrons. The van der Waals surface area contributed by atoms with Crippen molar-refractivity contribution < 1.29 is 9.53 Å². The molecular formula is C18H28ClN3O2. The van der Waals surface area contributed by atoms with Crippen molar-refractivity contribution in [1.82, 2.24) is 15.6 Å². The number of hydrogen-bond acceptors (Lipinski definition) is 4. The van der Waals surface area contributed by atoms with Crippen LogP contribution < -0.4 is 15.4 Å². The maximum absolute atomic E-state index is 12.3. The van der Waals surface area contributed by atoms with Gasteiger partial charge in [-0.1, -0.05) is 0 Å². The molecule has 1 amide bonds. The first-order valence-electron chi connectivity index (χ1n) is 8.83. The predicted octanol–water partition coefficient (Wildman–Crippen LogP) is 2.83. The molecule has 2 atom stereocenters. The molecule has 2 aliphatic rings. The van der Waals surface area contributed by atoms with Crippen molar-refractivity contribution in [2.45, 2.75) is 64.1 Å². The summed E-state index contributed by atoms with van der Waals surface area (Å²) >= 11 is 0. The molecule has 0 unspecified atom stereocenters. The third-order valence-corrected chi connectivity index (χ3v) is 4.85. The lowest BCUT2D eigenvalue weighted by molar-refractivity contribution is -0.126. The van der Waals surface area contributed by atoms with E-state index in [9.17, 15) is 4.79 Å². The zero-order valence-corrected chi connectivity index (χ0v) is 15.1. The summed E-state index contributed by atoms with van der Waals surface area (Å²) in [6, 6.07) is 4.31. The van der Waals surface area contributed by atoms with Crippen LogP contribution in [0.5, 0.6) is 5.88 Å². The lowest BCUT2D eigenvalue weighted by Crippen LogP contribution is -2.42. The van der Waals surface area contributed by atoms with Crippen molar-refractivity contribution in [2.24, 2.45) is 5.92 Å². The molecule has 0 bridgehead atoms. The van der Waals surface area contributed by atoms with E-state index in [2.05, 4.69) is 22.5 Å². The summed E-state index contributed by atoms with van der Waals surface area (Å²) in [6.45, 7) is 3.60. The minimum absolute atomic E-state index is 0. The summed E-state index contributed by atoms with van der Waals surface area (Å²) in [5, 5.41) is 6.44. The van der Waals surface area contributed by atoms with E-state index in [4.69, 9.17) is 4.74 Å². The van der Waals surface area contributed by atoms with Gasteiger partial charge in [0.05, 0.1) is 0 Å². The number of nitrogens with one attached hydrogen (secondary N) is 2. The van der Waals surface area contributed by atoms with Crippen LogP contribution in [0.4, 0.5) is 0 Å². The first-order valence-corrected chi connectivity index (χ1v) is 8.83. The smallest absolute Gasteiger partial charge is 0.223 e. The van der Waals surface area contributed by atoms with Crippen LogP contribution in [0.1, 0.15) is 51.0 Å². The number of piperidine rings is 1.